The minimum Gasteiger partial charge on any atom is -0.462 e. The largest absolute Gasteiger partial charge is 0.462 e. The smallest absolute Gasteiger partial charge is 0.338 e. The number of rotatable bonds is 8. The van der Waals surface area contributed by atoms with E-state index in [1.807, 2.05) is 18.5 Å². The highest BCUT2D eigenvalue weighted by atomic mass is 32.2. The molecule has 36 heavy (non-hydrogen) atoms. The first-order chi connectivity index (χ1) is 17.1. The van der Waals surface area contributed by atoms with Gasteiger partial charge in [-0.15, -0.1) is 0 Å². The summed E-state index contributed by atoms with van der Waals surface area (Å²) in [7, 11) is -3.40. The maximum Gasteiger partial charge on any atom is 0.338 e. The topological polar surface area (TPSA) is 117 Å². The quantitative estimate of drug-likeness (QED) is 0.532. The molecule has 3 rings (SSSR count). The van der Waals surface area contributed by atoms with E-state index in [0.29, 0.717) is 50.3 Å². The van der Waals surface area contributed by atoms with Crippen molar-refractivity contribution in [2.45, 2.75) is 70.1 Å². The Labute approximate surface area is 213 Å². The van der Waals surface area contributed by atoms with Crippen molar-refractivity contribution in [3.05, 3.63) is 46.8 Å². The fraction of sp³-hybridized carbons (Fsp3) is 0.577. The lowest BCUT2D eigenvalue weighted by Crippen LogP contribution is -2.27. The number of aryl methyl sites for hydroxylation is 1. The van der Waals surface area contributed by atoms with Gasteiger partial charge in [0.05, 0.1) is 39.3 Å². The van der Waals surface area contributed by atoms with E-state index in [-0.39, 0.29) is 23.3 Å². The number of fused-ring (bicyclic) bond motifs is 1. The molecule has 1 aliphatic heterocycles. The van der Waals surface area contributed by atoms with E-state index >= 15 is 0 Å². The molecule has 1 amide bonds. The van der Waals surface area contributed by atoms with Crippen LogP contribution in [0.15, 0.2) is 29.2 Å². The number of ether oxygens (including phenoxy) is 2. The Balaban J connectivity index is 1.67. The second-order valence-corrected chi connectivity index (χ2v) is 12.0. The molecule has 2 heterocycles. The van der Waals surface area contributed by atoms with Gasteiger partial charge in [0, 0.05) is 32.2 Å². The summed E-state index contributed by atoms with van der Waals surface area (Å²) in [6.07, 6.45) is 2.88. The molecule has 1 aromatic heterocycles. The molecule has 0 saturated heterocycles. The maximum atomic E-state index is 12.9. The van der Waals surface area contributed by atoms with E-state index in [1.165, 1.54) is 24.3 Å². The third kappa shape index (κ3) is 6.73. The van der Waals surface area contributed by atoms with Crippen molar-refractivity contribution in [3.8, 4) is 0 Å². The van der Waals surface area contributed by atoms with Crippen LogP contribution in [0.1, 0.15) is 72.6 Å². The zero-order valence-electron chi connectivity index (χ0n) is 21.6. The van der Waals surface area contributed by atoms with Gasteiger partial charge in [0.25, 0.3) is 5.91 Å². The molecule has 0 bridgehead atoms. The lowest BCUT2D eigenvalue weighted by Gasteiger charge is -2.15. The van der Waals surface area contributed by atoms with Gasteiger partial charge in [0.1, 0.15) is 0 Å². The van der Waals surface area contributed by atoms with Crippen molar-refractivity contribution < 1.29 is 27.5 Å². The van der Waals surface area contributed by atoms with Crippen molar-refractivity contribution in [3.63, 3.8) is 0 Å². The van der Waals surface area contributed by atoms with E-state index in [0.717, 1.165) is 24.2 Å². The third-order valence-electron chi connectivity index (χ3n) is 6.17. The predicted molar refractivity (Wildman–Crippen MR) is 136 cm³/mol. The van der Waals surface area contributed by atoms with Crippen LogP contribution in [0, 0.1) is 5.92 Å². The highest BCUT2D eigenvalue weighted by molar-refractivity contribution is 7.92. The lowest BCUT2D eigenvalue weighted by molar-refractivity contribution is 0.0435. The van der Waals surface area contributed by atoms with Crippen molar-refractivity contribution >= 4 is 21.7 Å². The number of benzene rings is 1. The highest BCUT2D eigenvalue weighted by Gasteiger charge is 2.24. The van der Waals surface area contributed by atoms with Gasteiger partial charge in [-0.05, 0) is 63.8 Å². The van der Waals surface area contributed by atoms with Crippen LogP contribution in [0.2, 0.25) is 0 Å². The van der Waals surface area contributed by atoms with Crippen LogP contribution < -0.4 is 5.32 Å². The first-order valence-corrected chi connectivity index (χ1v) is 14.1. The van der Waals surface area contributed by atoms with Crippen LogP contribution in [0.25, 0.3) is 0 Å². The van der Waals surface area contributed by atoms with E-state index in [9.17, 15) is 18.0 Å². The normalized spacial score (nSPS) is 16.1. The van der Waals surface area contributed by atoms with Gasteiger partial charge >= 0.3 is 5.97 Å². The molecule has 1 N–H and O–H groups in total. The Bertz CT molecular complexity index is 1160. The van der Waals surface area contributed by atoms with Crippen molar-refractivity contribution in [2.24, 2.45) is 5.92 Å². The number of carbonyl (C=O) groups excluding carboxylic acids is 2. The highest BCUT2D eigenvalue weighted by Crippen LogP contribution is 2.21. The second kappa shape index (κ2) is 12.5. The lowest BCUT2D eigenvalue weighted by atomic mass is 10.1. The Hall–Kier alpha value is -2.72. The minimum atomic E-state index is -3.40. The number of esters is 1. The van der Waals surface area contributed by atoms with Gasteiger partial charge in [-0.2, -0.15) is 5.10 Å². The van der Waals surface area contributed by atoms with Gasteiger partial charge in [0.15, 0.2) is 9.84 Å². The number of amides is 1. The first kappa shape index (κ1) is 27.9. The molecule has 2 aromatic rings. The summed E-state index contributed by atoms with van der Waals surface area (Å²) in [5, 5.41) is 7.16. The number of hydrogen-bond acceptors (Lipinski definition) is 7. The number of aromatic nitrogens is 2. The number of carbonyl (C=O) groups is 2. The van der Waals surface area contributed by atoms with E-state index < -0.39 is 21.1 Å². The predicted octanol–water partition coefficient (Wildman–Crippen LogP) is 3.20. The van der Waals surface area contributed by atoms with Crippen molar-refractivity contribution in [1.82, 2.24) is 15.1 Å². The summed E-state index contributed by atoms with van der Waals surface area (Å²) in [6.45, 7) is 9.65. The van der Waals surface area contributed by atoms with Gasteiger partial charge in [-0.25, -0.2) is 13.2 Å². The molecule has 10 heteroatoms. The molecular weight excluding hydrogens is 482 g/mol. The summed E-state index contributed by atoms with van der Waals surface area (Å²) in [4.78, 5) is 25.6. The summed E-state index contributed by atoms with van der Waals surface area (Å²) in [6, 6.07) is 5.82. The zero-order chi connectivity index (χ0) is 26.3. The Morgan fingerprint density at radius 3 is 2.53 bits per heavy atom. The van der Waals surface area contributed by atoms with Crippen LogP contribution in [-0.2, 0) is 38.7 Å². The SMILES string of the molecule is CCc1nn(C[C@@H](C)COC(=O)c2ccc(S(=O)(=O)C(C)C)cc2)c2c1C(=O)NCCCOCCC2. The zero-order valence-corrected chi connectivity index (χ0v) is 22.4. The number of nitrogens with one attached hydrogen (secondary N) is 1. The first-order valence-electron chi connectivity index (χ1n) is 12.6. The van der Waals surface area contributed by atoms with E-state index in [2.05, 4.69) is 5.32 Å². The molecule has 1 atom stereocenters. The summed E-state index contributed by atoms with van der Waals surface area (Å²) < 4.78 is 37.6. The molecule has 0 unspecified atom stereocenters. The summed E-state index contributed by atoms with van der Waals surface area (Å²) in [5.74, 6) is -0.668. The fourth-order valence-corrected chi connectivity index (χ4v) is 5.14. The van der Waals surface area contributed by atoms with E-state index in [4.69, 9.17) is 14.6 Å². The molecule has 1 aliphatic rings. The molecule has 198 valence electrons. The van der Waals surface area contributed by atoms with Crippen molar-refractivity contribution in [1.29, 1.82) is 0 Å². The molecule has 0 radical (unpaired) electrons. The van der Waals surface area contributed by atoms with Gasteiger partial charge in [0.2, 0.25) is 0 Å². The number of sulfone groups is 1. The molecule has 1 aromatic carbocycles. The van der Waals surface area contributed by atoms with E-state index in [1.54, 1.807) is 13.8 Å². The molecule has 0 fully saturated rings. The summed E-state index contributed by atoms with van der Waals surface area (Å²) in [5.41, 5.74) is 2.60. The van der Waals surface area contributed by atoms with Crippen LogP contribution in [0.4, 0.5) is 0 Å². The number of hydrogen-bond donors (Lipinski definition) is 1. The average molecular weight is 520 g/mol. The average Bonchev–Trinajstić information content (AvgIpc) is 3.18. The fourth-order valence-electron chi connectivity index (χ4n) is 4.08. The monoisotopic (exact) mass is 519 g/mol. The van der Waals surface area contributed by atoms with Crippen LogP contribution >= 0.6 is 0 Å². The molecular formula is C26H37N3O6S. The Kier molecular flexibility index (Phi) is 9.67. The Morgan fingerprint density at radius 2 is 1.86 bits per heavy atom. The standard InChI is InChI=1S/C26H37N3O6S/c1-5-22-24-23(8-6-14-34-15-7-13-27-25(24)30)29(28-22)16-19(4)17-35-26(31)20-9-11-21(12-10-20)36(32,33)18(2)3/h9-12,18-19H,5-8,13-17H2,1-4H3,(H,27,30)/t19-/m1/s1. The van der Waals surface area contributed by atoms with Crippen molar-refractivity contribution in [2.75, 3.05) is 26.4 Å². The van der Waals surface area contributed by atoms with Crippen LogP contribution in [0.3, 0.4) is 0 Å². The second-order valence-electron chi connectivity index (χ2n) is 9.45. The van der Waals surface area contributed by atoms with Crippen LogP contribution in [-0.4, -0.2) is 61.7 Å². The molecule has 0 saturated carbocycles. The molecule has 0 aliphatic carbocycles. The Morgan fingerprint density at radius 1 is 1.17 bits per heavy atom. The maximum absolute atomic E-state index is 12.9. The van der Waals surface area contributed by atoms with Crippen LogP contribution in [0.5, 0.6) is 0 Å². The minimum absolute atomic E-state index is 0.0549. The third-order valence-corrected chi connectivity index (χ3v) is 8.34. The number of nitrogens with zero attached hydrogens (tertiary/aromatic N) is 2. The van der Waals surface area contributed by atoms with Gasteiger partial charge < -0.3 is 14.8 Å². The van der Waals surface area contributed by atoms with Gasteiger partial charge in [-0.1, -0.05) is 13.8 Å². The summed E-state index contributed by atoms with van der Waals surface area (Å²) >= 11 is 0. The molecule has 0 spiro atoms. The van der Waals surface area contributed by atoms with Gasteiger partial charge in [-0.3, -0.25) is 9.48 Å². The molecule has 9 nitrogen and oxygen atoms in total.